The fourth-order valence-electron chi connectivity index (χ4n) is 6.75. The molecule has 5 rings (SSSR count). The minimum atomic E-state index is -2.73. The lowest BCUT2D eigenvalue weighted by Gasteiger charge is -2.43. The van der Waals surface area contributed by atoms with E-state index in [1.165, 1.54) is 10.4 Å². The van der Waals surface area contributed by atoms with Crippen LogP contribution in [0.25, 0.3) is 11.0 Å². The number of methoxy groups -OCH3 is 1. The van der Waals surface area contributed by atoms with E-state index < -0.39 is 19.9 Å². The highest BCUT2D eigenvalue weighted by Crippen LogP contribution is 2.37. The number of nitrogens with two attached hydrogens (primary N) is 1. The van der Waals surface area contributed by atoms with Crippen LogP contribution in [0.2, 0.25) is 5.04 Å². The van der Waals surface area contributed by atoms with E-state index in [0.29, 0.717) is 42.2 Å². The van der Waals surface area contributed by atoms with Crippen LogP contribution in [0.4, 0.5) is 16.6 Å². The molecule has 0 saturated carbocycles. The molecule has 5 aromatic rings. The number of hydrogen-bond acceptors (Lipinski definition) is 8. The second-order valence-corrected chi connectivity index (χ2v) is 18.8. The number of benzene rings is 3. The predicted molar refractivity (Wildman–Crippen MR) is 207 cm³/mol. The monoisotopic (exact) mass is 709 g/mol. The zero-order valence-electron chi connectivity index (χ0n) is 30.7. The fraction of sp³-hybridized carbons (Fsp3) is 0.385. The normalized spacial score (nSPS) is 12.9. The number of anilines is 2. The number of aromatic nitrogens is 4. The number of rotatable bonds is 15. The third-order valence-corrected chi connectivity index (χ3v) is 14.3. The van der Waals surface area contributed by atoms with E-state index in [1.54, 1.807) is 13.3 Å². The molecule has 51 heavy (non-hydrogen) atoms. The molecule has 0 bridgehead atoms. The Hall–Kier alpha value is -4.78. The molecule has 0 spiro atoms. The smallest absolute Gasteiger partial charge is 0.411 e. The molecule has 12 heteroatoms. The lowest BCUT2D eigenvalue weighted by atomic mass is 9.94. The largest absolute Gasteiger partial charge is 0.496 e. The Morgan fingerprint density at radius 1 is 0.961 bits per heavy atom. The summed E-state index contributed by atoms with van der Waals surface area (Å²) in [4.78, 5) is 20.8. The molecule has 0 fully saturated rings. The lowest BCUT2D eigenvalue weighted by Crippen LogP contribution is -2.66. The molecule has 1 unspecified atom stereocenters. The first kappa shape index (κ1) is 37.5. The first-order valence-electron chi connectivity index (χ1n) is 17.5. The van der Waals surface area contributed by atoms with Crippen molar-refractivity contribution in [3.63, 3.8) is 0 Å². The average Bonchev–Trinajstić information content (AvgIpc) is 3.49. The molecular weight excluding hydrogens is 659 g/mol. The molecule has 0 radical (unpaired) electrons. The molecule has 0 aliphatic rings. The molecule has 0 aliphatic carbocycles. The van der Waals surface area contributed by atoms with Crippen molar-refractivity contribution >= 4 is 47.6 Å². The van der Waals surface area contributed by atoms with E-state index in [-0.39, 0.29) is 17.0 Å². The van der Waals surface area contributed by atoms with E-state index in [4.69, 9.17) is 14.9 Å². The van der Waals surface area contributed by atoms with E-state index >= 15 is 0 Å². The van der Waals surface area contributed by atoms with Crippen LogP contribution in [0.5, 0.6) is 5.75 Å². The summed E-state index contributed by atoms with van der Waals surface area (Å²) in [6, 6.07) is 27.1. The van der Waals surface area contributed by atoms with Gasteiger partial charge in [-0.2, -0.15) is 10.1 Å². The van der Waals surface area contributed by atoms with Crippen molar-refractivity contribution in [1.29, 1.82) is 0 Å². The molecule has 0 aliphatic heterocycles. The molecule has 1 atom stereocenters. The third-order valence-electron chi connectivity index (χ3n) is 9.24. The summed E-state index contributed by atoms with van der Waals surface area (Å²) in [6.07, 6.45) is 2.84. The molecular formula is C39H51N7O4Si. The van der Waals surface area contributed by atoms with Crippen LogP contribution in [0.3, 0.4) is 0 Å². The quantitative estimate of drug-likeness (QED) is 0.0870. The zero-order chi connectivity index (χ0) is 36.8. The van der Waals surface area contributed by atoms with Crippen molar-refractivity contribution in [2.45, 2.75) is 84.0 Å². The average molecular weight is 710 g/mol. The summed E-state index contributed by atoms with van der Waals surface area (Å²) < 4.78 is 14.8. The van der Waals surface area contributed by atoms with Gasteiger partial charge in [-0.15, -0.1) is 0 Å². The number of ether oxygens (including phenoxy) is 1. The summed E-state index contributed by atoms with van der Waals surface area (Å²) in [5, 5.41) is 22.5. The standard InChI is InChI=1S/C39H51N7O4Si/c1-8-15-29(22-23-50-51(38(2,3)4,30-16-11-9-12-17-30)31-18-13-10-14-19-31)42-35-34-32(43-36(44-35)45-37(47)48)25-41-46(34)26-27-20-21-28(39(5,6)40)24-33(27)49-7/h9-14,16-21,24-25,29H,8,15,22-23,26,40H2,1-7H3,(H,47,48)(H2,42,43,44,45). The Kier molecular flexibility index (Phi) is 11.5. The van der Waals surface area contributed by atoms with Crippen LogP contribution in [0.15, 0.2) is 85.1 Å². The van der Waals surface area contributed by atoms with Crippen LogP contribution in [0.1, 0.15) is 71.9 Å². The lowest BCUT2D eigenvalue weighted by molar-refractivity contribution is 0.209. The highest BCUT2D eigenvalue weighted by Gasteiger charge is 2.50. The maximum atomic E-state index is 11.6. The van der Waals surface area contributed by atoms with Gasteiger partial charge in [-0.05, 0) is 53.7 Å². The first-order chi connectivity index (χ1) is 24.3. The number of hydrogen-bond donors (Lipinski definition) is 4. The van der Waals surface area contributed by atoms with Crippen molar-refractivity contribution in [2.75, 3.05) is 24.4 Å². The van der Waals surface area contributed by atoms with Gasteiger partial charge in [0.15, 0.2) is 5.82 Å². The summed E-state index contributed by atoms with van der Waals surface area (Å²) >= 11 is 0. The van der Waals surface area contributed by atoms with E-state index in [9.17, 15) is 9.90 Å². The van der Waals surface area contributed by atoms with Crippen LogP contribution >= 0.6 is 0 Å². The molecule has 5 N–H and O–H groups in total. The van der Waals surface area contributed by atoms with E-state index in [2.05, 4.69) is 102 Å². The van der Waals surface area contributed by atoms with Gasteiger partial charge in [-0.1, -0.05) is 107 Å². The Bertz CT molecular complexity index is 1880. The van der Waals surface area contributed by atoms with Gasteiger partial charge in [0.05, 0.1) is 19.9 Å². The van der Waals surface area contributed by atoms with Crippen molar-refractivity contribution < 1.29 is 19.1 Å². The van der Waals surface area contributed by atoms with Gasteiger partial charge in [-0.3, -0.25) is 10.00 Å². The topological polar surface area (TPSA) is 149 Å². The zero-order valence-corrected chi connectivity index (χ0v) is 31.7. The molecule has 0 saturated heterocycles. The van der Waals surface area contributed by atoms with Gasteiger partial charge < -0.3 is 25.3 Å². The second-order valence-electron chi connectivity index (χ2n) is 14.5. The fourth-order valence-corrected chi connectivity index (χ4v) is 11.3. The molecule has 1 amide bonds. The Balaban J connectivity index is 1.49. The van der Waals surface area contributed by atoms with Gasteiger partial charge >= 0.3 is 6.09 Å². The second kappa shape index (κ2) is 15.6. The predicted octanol–water partition coefficient (Wildman–Crippen LogP) is 6.71. The van der Waals surface area contributed by atoms with Crippen molar-refractivity contribution in [2.24, 2.45) is 5.73 Å². The highest BCUT2D eigenvalue weighted by molar-refractivity contribution is 6.99. The number of nitrogens with zero attached hydrogens (tertiary/aromatic N) is 4. The summed E-state index contributed by atoms with van der Waals surface area (Å²) in [7, 11) is -1.09. The SMILES string of the molecule is CCCC(CCO[Si](c1ccccc1)(c1ccccc1)C(C)(C)C)Nc1nc(NC(=O)O)nc2cnn(Cc3ccc(C(C)(C)N)cc3OC)c12. The number of nitrogens with one attached hydrogen (secondary N) is 2. The number of carbonyl (C=O) groups is 1. The van der Waals surface area contributed by atoms with Crippen LogP contribution in [-0.2, 0) is 16.5 Å². The van der Waals surface area contributed by atoms with Crippen molar-refractivity contribution in [1.82, 2.24) is 19.7 Å². The van der Waals surface area contributed by atoms with Gasteiger partial charge in [-0.25, -0.2) is 9.78 Å². The number of carboxylic acid groups (broad SMARTS) is 1. The van der Waals surface area contributed by atoms with Gasteiger partial charge in [0, 0.05) is 23.8 Å². The number of fused-ring (bicyclic) bond motifs is 1. The summed E-state index contributed by atoms with van der Waals surface area (Å²) in [5.41, 5.74) is 8.85. The maximum absolute atomic E-state index is 11.6. The third kappa shape index (κ3) is 8.41. The molecule has 270 valence electrons. The highest BCUT2D eigenvalue weighted by atomic mass is 28.4. The minimum Gasteiger partial charge on any atom is -0.496 e. The van der Waals surface area contributed by atoms with Crippen LogP contribution in [-0.4, -0.2) is 59.0 Å². The maximum Gasteiger partial charge on any atom is 0.411 e. The van der Waals surface area contributed by atoms with Gasteiger partial charge in [0.1, 0.15) is 16.8 Å². The van der Waals surface area contributed by atoms with E-state index in [0.717, 1.165) is 24.0 Å². The molecule has 3 aromatic carbocycles. The van der Waals surface area contributed by atoms with Crippen LogP contribution < -0.4 is 31.5 Å². The Morgan fingerprint density at radius 2 is 1.61 bits per heavy atom. The van der Waals surface area contributed by atoms with Crippen LogP contribution in [0, 0.1) is 0 Å². The Morgan fingerprint density at radius 3 is 2.16 bits per heavy atom. The van der Waals surface area contributed by atoms with Crippen molar-refractivity contribution in [3.8, 4) is 5.75 Å². The van der Waals surface area contributed by atoms with Gasteiger partial charge in [0.25, 0.3) is 8.32 Å². The molecule has 2 heterocycles. The molecule has 11 nitrogen and oxygen atoms in total. The summed E-state index contributed by atoms with van der Waals surface area (Å²) in [6.45, 7) is 13.8. The minimum absolute atomic E-state index is 0.0250. The van der Waals surface area contributed by atoms with Gasteiger partial charge in [0.2, 0.25) is 5.95 Å². The molecule has 2 aromatic heterocycles. The Labute approximate surface area is 301 Å². The first-order valence-corrected chi connectivity index (χ1v) is 19.4. The summed E-state index contributed by atoms with van der Waals surface area (Å²) in [5.74, 6) is 1.16. The van der Waals surface area contributed by atoms with E-state index in [1.807, 2.05) is 48.9 Å². The number of amides is 1. The van der Waals surface area contributed by atoms with Crippen molar-refractivity contribution in [3.05, 3.63) is 96.2 Å².